The van der Waals surface area contributed by atoms with E-state index in [1.54, 1.807) is 23.3 Å². The molecule has 0 fully saturated rings. The summed E-state index contributed by atoms with van der Waals surface area (Å²) in [6.45, 7) is 2.00. The molecule has 1 atom stereocenters. The fraction of sp³-hybridized carbons (Fsp3) is 0.429. The number of carbonyl (C=O) groups is 1. The molecule has 2 heterocycles. The highest BCUT2D eigenvalue weighted by atomic mass is 32.1. The van der Waals surface area contributed by atoms with Gasteiger partial charge < -0.3 is 10.6 Å². The number of aromatic nitrogens is 3. The molecule has 2 aromatic rings. The highest BCUT2D eigenvalue weighted by Crippen LogP contribution is 2.37. The highest BCUT2D eigenvalue weighted by Gasteiger charge is 2.31. The van der Waals surface area contributed by atoms with E-state index in [2.05, 4.69) is 15.0 Å². The summed E-state index contributed by atoms with van der Waals surface area (Å²) in [7, 11) is 1.80. The van der Waals surface area contributed by atoms with Gasteiger partial charge in [0.05, 0.1) is 21.6 Å². The van der Waals surface area contributed by atoms with Crippen molar-refractivity contribution in [2.45, 2.75) is 32.2 Å². The lowest BCUT2D eigenvalue weighted by molar-refractivity contribution is 0.0713. The van der Waals surface area contributed by atoms with Crippen molar-refractivity contribution >= 4 is 23.1 Å². The van der Waals surface area contributed by atoms with Gasteiger partial charge in [0.25, 0.3) is 5.91 Å². The fourth-order valence-electron chi connectivity index (χ4n) is 2.71. The predicted molar refractivity (Wildman–Crippen MR) is 81.1 cm³/mol. The molecular weight excluding hydrogens is 286 g/mol. The Morgan fingerprint density at radius 1 is 1.43 bits per heavy atom. The molecule has 110 valence electrons. The van der Waals surface area contributed by atoms with Crippen molar-refractivity contribution in [2.24, 2.45) is 0 Å². The second-order valence-electron chi connectivity index (χ2n) is 5.16. The summed E-state index contributed by atoms with van der Waals surface area (Å²) in [5.74, 6) is -0.0182. The number of amides is 1. The van der Waals surface area contributed by atoms with Crippen LogP contribution in [0.15, 0.2) is 12.4 Å². The Morgan fingerprint density at radius 3 is 2.95 bits per heavy atom. The zero-order valence-corrected chi connectivity index (χ0v) is 12.9. The minimum atomic E-state index is -0.190. The van der Waals surface area contributed by atoms with Gasteiger partial charge in [-0.1, -0.05) is 0 Å². The first kappa shape index (κ1) is 13.9. The summed E-state index contributed by atoms with van der Waals surface area (Å²) >= 11 is 1.67. The summed E-state index contributed by atoms with van der Waals surface area (Å²) in [5, 5.41) is 1.05. The van der Waals surface area contributed by atoms with E-state index in [4.69, 9.17) is 5.73 Å². The Hall–Kier alpha value is -2.02. The molecule has 0 bridgehead atoms. The maximum atomic E-state index is 12.6. The summed E-state index contributed by atoms with van der Waals surface area (Å²) in [5.41, 5.74) is 7.10. The average Bonchev–Trinajstić information content (AvgIpc) is 2.86. The van der Waals surface area contributed by atoms with Gasteiger partial charge in [-0.3, -0.25) is 4.79 Å². The number of rotatable bonds is 2. The lowest BCUT2D eigenvalue weighted by Crippen LogP contribution is -2.34. The van der Waals surface area contributed by atoms with Crippen molar-refractivity contribution in [3.63, 3.8) is 0 Å². The van der Waals surface area contributed by atoms with E-state index in [-0.39, 0.29) is 23.5 Å². The first-order valence-corrected chi connectivity index (χ1v) is 7.69. The number of nitrogens with two attached hydrogens (primary N) is 1. The van der Waals surface area contributed by atoms with Crippen LogP contribution in [0.4, 0.5) is 5.82 Å². The van der Waals surface area contributed by atoms with Gasteiger partial charge in [-0.05, 0) is 26.2 Å². The quantitative estimate of drug-likeness (QED) is 0.917. The molecule has 0 saturated heterocycles. The number of aryl methyl sites for hydroxylation is 2. The van der Waals surface area contributed by atoms with Crippen molar-refractivity contribution in [3.05, 3.63) is 33.7 Å². The van der Waals surface area contributed by atoms with E-state index in [1.165, 1.54) is 17.3 Å². The third-order valence-corrected chi connectivity index (χ3v) is 4.86. The highest BCUT2D eigenvalue weighted by molar-refractivity contribution is 7.11. The second-order valence-corrected chi connectivity index (χ2v) is 6.39. The molecule has 0 aliphatic heterocycles. The number of carbonyl (C=O) groups excluding carboxylic acids is 1. The Morgan fingerprint density at radius 2 is 2.19 bits per heavy atom. The van der Waals surface area contributed by atoms with Crippen LogP contribution in [0.2, 0.25) is 0 Å². The number of thiazole rings is 1. The Labute approximate surface area is 127 Å². The van der Waals surface area contributed by atoms with Gasteiger partial charge in [-0.15, -0.1) is 11.3 Å². The molecule has 0 radical (unpaired) electrons. The van der Waals surface area contributed by atoms with Gasteiger partial charge in [-0.2, -0.15) is 0 Å². The zero-order valence-electron chi connectivity index (χ0n) is 12.0. The second kappa shape index (κ2) is 5.40. The van der Waals surface area contributed by atoms with Gasteiger partial charge in [0.1, 0.15) is 0 Å². The van der Waals surface area contributed by atoms with E-state index in [9.17, 15) is 4.79 Å². The first-order valence-electron chi connectivity index (χ1n) is 6.87. The van der Waals surface area contributed by atoms with Gasteiger partial charge >= 0.3 is 0 Å². The molecule has 6 nitrogen and oxygen atoms in total. The molecule has 2 aromatic heterocycles. The van der Waals surface area contributed by atoms with Crippen molar-refractivity contribution in [1.29, 1.82) is 0 Å². The van der Waals surface area contributed by atoms with Crippen molar-refractivity contribution < 1.29 is 4.79 Å². The minimum Gasteiger partial charge on any atom is -0.382 e. The molecule has 0 saturated carbocycles. The number of hydrogen-bond donors (Lipinski definition) is 1. The Kier molecular flexibility index (Phi) is 3.59. The maximum absolute atomic E-state index is 12.6. The first-order chi connectivity index (χ1) is 10.1. The number of fused-ring (bicyclic) bond motifs is 1. The number of nitrogens with zero attached hydrogens (tertiary/aromatic N) is 4. The molecule has 1 unspecified atom stereocenters. The van der Waals surface area contributed by atoms with E-state index in [0.717, 1.165) is 30.0 Å². The molecule has 21 heavy (non-hydrogen) atoms. The lowest BCUT2D eigenvalue weighted by atomic mass is 9.97. The SMILES string of the molecule is Cc1nc2c(s1)C(N(C)C(=O)c1nccnc1N)CCC2. The Bertz CT molecular complexity index is 684. The van der Waals surface area contributed by atoms with Crippen LogP contribution >= 0.6 is 11.3 Å². The fourth-order valence-corrected chi connectivity index (χ4v) is 3.86. The van der Waals surface area contributed by atoms with Crippen LogP contribution in [0, 0.1) is 6.92 Å². The number of hydrogen-bond acceptors (Lipinski definition) is 6. The largest absolute Gasteiger partial charge is 0.382 e. The molecule has 1 aliphatic carbocycles. The van der Waals surface area contributed by atoms with Crippen LogP contribution < -0.4 is 5.73 Å². The van der Waals surface area contributed by atoms with E-state index in [1.807, 2.05) is 6.92 Å². The normalized spacial score (nSPS) is 17.3. The van der Waals surface area contributed by atoms with Gasteiger partial charge in [0.15, 0.2) is 11.5 Å². The van der Waals surface area contributed by atoms with Crippen molar-refractivity contribution in [2.75, 3.05) is 12.8 Å². The molecule has 7 heteroatoms. The summed E-state index contributed by atoms with van der Waals surface area (Å²) in [6.07, 6.45) is 5.94. The molecule has 1 aliphatic rings. The van der Waals surface area contributed by atoms with E-state index < -0.39 is 0 Å². The zero-order chi connectivity index (χ0) is 15.0. The standard InChI is InChI=1S/C14H17N5OS/c1-8-18-9-4-3-5-10(12(9)21-8)19(2)14(20)11-13(15)17-7-6-16-11/h6-7,10H,3-5H2,1-2H3,(H2,15,17). The molecule has 0 spiro atoms. The topological polar surface area (TPSA) is 85.0 Å². The third kappa shape index (κ3) is 2.49. The van der Waals surface area contributed by atoms with Gasteiger partial charge in [0.2, 0.25) is 0 Å². The van der Waals surface area contributed by atoms with Crippen LogP contribution in [0.5, 0.6) is 0 Å². The van der Waals surface area contributed by atoms with Gasteiger partial charge in [0, 0.05) is 19.4 Å². The van der Waals surface area contributed by atoms with Gasteiger partial charge in [-0.25, -0.2) is 15.0 Å². The minimum absolute atomic E-state index is 0.0499. The third-order valence-electron chi connectivity index (χ3n) is 3.75. The molecular formula is C14H17N5OS. The summed E-state index contributed by atoms with van der Waals surface area (Å²) < 4.78 is 0. The predicted octanol–water partition coefficient (Wildman–Crippen LogP) is 1.97. The van der Waals surface area contributed by atoms with E-state index in [0.29, 0.717) is 0 Å². The van der Waals surface area contributed by atoms with Crippen LogP contribution in [0.25, 0.3) is 0 Å². The monoisotopic (exact) mass is 303 g/mol. The number of anilines is 1. The van der Waals surface area contributed by atoms with Crippen LogP contribution in [-0.4, -0.2) is 32.8 Å². The molecule has 1 amide bonds. The van der Waals surface area contributed by atoms with Crippen molar-refractivity contribution in [3.8, 4) is 0 Å². The van der Waals surface area contributed by atoms with Crippen molar-refractivity contribution in [1.82, 2.24) is 19.9 Å². The van der Waals surface area contributed by atoms with Crippen LogP contribution in [0.1, 0.15) is 45.0 Å². The summed E-state index contributed by atoms with van der Waals surface area (Å²) in [4.78, 5) is 28.1. The number of nitrogen functional groups attached to an aromatic ring is 1. The van der Waals surface area contributed by atoms with E-state index >= 15 is 0 Å². The smallest absolute Gasteiger partial charge is 0.276 e. The van der Waals surface area contributed by atoms with Crippen LogP contribution in [-0.2, 0) is 6.42 Å². The average molecular weight is 303 g/mol. The molecule has 2 N–H and O–H groups in total. The molecule has 0 aromatic carbocycles. The van der Waals surface area contributed by atoms with Crippen LogP contribution in [0.3, 0.4) is 0 Å². The lowest BCUT2D eigenvalue weighted by Gasteiger charge is -2.30. The molecule has 3 rings (SSSR count). The maximum Gasteiger partial charge on any atom is 0.276 e. The summed E-state index contributed by atoms with van der Waals surface area (Å²) in [6, 6.07) is 0.0499. The Balaban J connectivity index is 1.91.